The predicted octanol–water partition coefficient (Wildman–Crippen LogP) is 5.24. The minimum atomic E-state index is -0.921. The van der Waals surface area contributed by atoms with Crippen molar-refractivity contribution in [3.05, 3.63) is 119 Å². The Balaban J connectivity index is 1.16. The predicted molar refractivity (Wildman–Crippen MR) is 166 cm³/mol. The van der Waals surface area contributed by atoms with Crippen molar-refractivity contribution < 1.29 is 23.8 Å². The maximum atomic E-state index is 12.8. The van der Waals surface area contributed by atoms with Crippen LogP contribution >= 0.6 is 0 Å². The molecule has 4 aromatic carbocycles. The SMILES string of the molecule is COC(=O)[C@H](Cc1ccc(NC(N)=NCc2ccc(OC)cc2)cc1)NC(=O)OCC1c2ccccc2-c2ccccc21. The molecule has 9 heteroatoms. The van der Waals surface area contributed by atoms with Gasteiger partial charge in [-0.15, -0.1) is 0 Å². The standard InChI is InChI=1S/C34H34N4O5/c1-41-25-17-13-23(14-18-25)20-36-33(35)37-24-15-11-22(12-16-24)19-31(32(39)42-2)38-34(40)43-21-30-28-9-5-3-7-26(28)27-8-4-6-10-29(27)30/h3-18,30-31H,19-21H2,1-2H3,(H,38,40)(H3,35,36,37)/t31-/m0/s1. The third-order valence-electron chi connectivity index (χ3n) is 7.38. The van der Waals surface area contributed by atoms with Gasteiger partial charge in [0, 0.05) is 18.0 Å². The largest absolute Gasteiger partial charge is 0.497 e. The van der Waals surface area contributed by atoms with E-state index in [0.717, 1.165) is 44.8 Å². The zero-order valence-electron chi connectivity index (χ0n) is 24.1. The van der Waals surface area contributed by atoms with Gasteiger partial charge in [0.25, 0.3) is 0 Å². The molecule has 0 radical (unpaired) electrons. The van der Waals surface area contributed by atoms with Crippen molar-refractivity contribution in [1.82, 2.24) is 5.32 Å². The number of methoxy groups -OCH3 is 2. The number of hydrogen-bond acceptors (Lipinski definition) is 6. The maximum Gasteiger partial charge on any atom is 0.407 e. The van der Waals surface area contributed by atoms with E-state index >= 15 is 0 Å². The first-order valence-electron chi connectivity index (χ1n) is 13.9. The molecule has 0 fully saturated rings. The lowest BCUT2D eigenvalue weighted by molar-refractivity contribution is -0.143. The summed E-state index contributed by atoms with van der Waals surface area (Å²) >= 11 is 0. The first-order valence-corrected chi connectivity index (χ1v) is 13.9. The molecule has 0 spiro atoms. The molecule has 4 N–H and O–H groups in total. The Morgan fingerprint density at radius 3 is 2.05 bits per heavy atom. The number of hydrogen-bond donors (Lipinski definition) is 3. The molecule has 0 aliphatic heterocycles. The quantitative estimate of drug-likeness (QED) is 0.133. The van der Waals surface area contributed by atoms with Crippen molar-refractivity contribution in [1.29, 1.82) is 0 Å². The Morgan fingerprint density at radius 1 is 0.837 bits per heavy atom. The van der Waals surface area contributed by atoms with Gasteiger partial charge in [-0.2, -0.15) is 0 Å². The summed E-state index contributed by atoms with van der Waals surface area (Å²) in [6.45, 7) is 0.568. The fraction of sp³-hybridized carbons (Fsp3) is 0.206. The number of benzene rings is 4. The number of amides is 1. The van der Waals surface area contributed by atoms with Gasteiger partial charge >= 0.3 is 12.1 Å². The summed E-state index contributed by atoms with van der Waals surface area (Å²) in [5.41, 5.74) is 13.1. The molecule has 1 aliphatic carbocycles. The summed E-state index contributed by atoms with van der Waals surface area (Å²) in [4.78, 5) is 29.7. The average Bonchev–Trinajstić information content (AvgIpc) is 3.36. The molecule has 0 saturated heterocycles. The monoisotopic (exact) mass is 578 g/mol. The van der Waals surface area contributed by atoms with Crippen molar-refractivity contribution in [2.24, 2.45) is 10.7 Å². The molecule has 0 unspecified atom stereocenters. The average molecular weight is 579 g/mol. The minimum Gasteiger partial charge on any atom is -0.497 e. The summed E-state index contributed by atoms with van der Waals surface area (Å²) in [7, 11) is 2.91. The number of ether oxygens (including phenoxy) is 3. The van der Waals surface area contributed by atoms with E-state index in [1.807, 2.05) is 72.8 Å². The minimum absolute atomic E-state index is 0.0815. The number of fused-ring (bicyclic) bond motifs is 3. The summed E-state index contributed by atoms with van der Waals surface area (Å²) < 4.78 is 15.8. The first kappa shape index (κ1) is 29.2. The third-order valence-corrected chi connectivity index (χ3v) is 7.38. The molecule has 0 aromatic heterocycles. The number of nitrogens with one attached hydrogen (secondary N) is 2. The summed E-state index contributed by atoms with van der Waals surface area (Å²) in [5, 5.41) is 5.74. The Kier molecular flexibility index (Phi) is 9.21. The molecular weight excluding hydrogens is 544 g/mol. The van der Waals surface area contributed by atoms with Crippen molar-refractivity contribution in [2.75, 3.05) is 26.1 Å². The highest BCUT2D eigenvalue weighted by Crippen LogP contribution is 2.44. The fourth-order valence-electron chi connectivity index (χ4n) is 5.17. The van der Waals surface area contributed by atoms with Gasteiger partial charge in [-0.25, -0.2) is 14.6 Å². The van der Waals surface area contributed by atoms with E-state index < -0.39 is 18.1 Å². The van der Waals surface area contributed by atoms with E-state index in [0.29, 0.717) is 6.54 Å². The van der Waals surface area contributed by atoms with Gasteiger partial charge in [-0.3, -0.25) is 0 Å². The summed E-state index contributed by atoms with van der Waals surface area (Å²) in [6, 6.07) is 30.2. The molecule has 0 bridgehead atoms. The molecule has 1 atom stereocenters. The van der Waals surface area contributed by atoms with Gasteiger partial charge in [-0.05, 0) is 57.6 Å². The summed E-state index contributed by atoms with van der Waals surface area (Å²) in [5.74, 6) is 0.405. The highest BCUT2D eigenvalue weighted by Gasteiger charge is 2.30. The van der Waals surface area contributed by atoms with E-state index in [-0.39, 0.29) is 24.9 Å². The van der Waals surface area contributed by atoms with Gasteiger partial charge in [0.2, 0.25) is 0 Å². The Labute approximate surface area is 250 Å². The van der Waals surface area contributed by atoms with E-state index in [1.54, 1.807) is 7.11 Å². The number of carbonyl (C=O) groups excluding carboxylic acids is 2. The smallest absolute Gasteiger partial charge is 0.407 e. The zero-order chi connectivity index (χ0) is 30.2. The maximum absolute atomic E-state index is 12.8. The third kappa shape index (κ3) is 7.13. The van der Waals surface area contributed by atoms with Crippen LogP contribution in [0.15, 0.2) is 102 Å². The number of guanidine groups is 1. The molecule has 4 aromatic rings. The highest BCUT2D eigenvalue weighted by molar-refractivity contribution is 5.92. The molecule has 0 heterocycles. The second-order valence-electron chi connectivity index (χ2n) is 10.1. The highest BCUT2D eigenvalue weighted by atomic mass is 16.6. The van der Waals surface area contributed by atoms with Crippen molar-refractivity contribution in [3.8, 4) is 16.9 Å². The second-order valence-corrected chi connectivity index (χ2v) is 10.1. The fourth-order valence-corrected chi connectivity index (χ4v) is 5.17. The lowest BCUT2D eigenvalue weighted by atomic mass is 9.98. The number of nitrogens with zero attached hydrogens (tertiary/aromatic N) is 1. The molecule has 5 rings (SSSR count). The number of nitrogens with two attached hydrogens (primary N) is 1. The van der Waals surface area contributed by atoms with Gasteiger partial charge in [0.1, 0.15) is 18.4 Å². The van der Waals surface area contributed by atoms with Crippen LogP contribution in [-0.4, -0.2) is 44.9 Å². The van der Waals surface area contributed by atoms with Crippen LogP contribution < -0.4 is 21.1 Å². The number of carbonyl (C=O) groups is 2. The zero-order valence-corrected chi connectivity index (χ0v) is 24.1. The van der Waals surface area contributed by atoms with Crippen molar-refractivity contribution in [3.63, 3.8) is 0 Å². The van der Waals surface area contributed by atoms with Crippen LogP contribution in [0, 0.1) is 0 Å². The molecule has 0 saturated carbocycles. The van der Waals surface area contributed by atoms with Crippen LogP contribution in [-0.2, 0) is 27.2 Å². The van der Waals surface area contributed by atoms with Crippen LogP contribution in [0.4, 0.5) is 10.5 Å². The number of anilines is 1. The van der Waals surface area contributed by atoms with E-state index in [9.17, 15) is 9.59 Å². The van der Waals surface area contributed by atoms with Crippen molar-refractivity contribution in [2.45, 2.75) is 24.9 Å². The Bertz CT molecular complexity index is 1560. The lowest BCUT2D eigenvalue weighted by Gasteiger charge is -2.19. The molecular formula is C34H34N4O5. The van der Waals surface area contributed by atoms with Crippen molar-refractivity contribution >= 4 is 23.7 Å². The lowest BCUT2D eigenvalue weighted by Crippen LogP contribution is -2.43. The number of esters is 1. The van der Waals surface area contributed by atoms with E-state index in [4.69, 9.17) is 19.9 Å². The number of aliphatic imine (C=N–C) groups is 1. The summed E-state index contributed by atoms with van der Waals surface area (Å²) in [6.07, 6.45) is -0.463. The molecule has 9 nitrogen and oxygen atoms in total. The van der Waals surface area contributed by atoms with Crippen LogP contribution in [0.5, 0.6) is 5.75 Å². The van der Waals surface area contributed by atoms with Crippen LogP contribution in [0.25, 0.3) is 11.1 Å². The van der Waals surface area contributed by atoms with Crippen LogP contribution in [0.1, 0.15) is 28.2 Å². The topological polar surface area (TPSA) is 124 Å². The second kappa shape index (κ2) is 13.6. The molecule has 1 aliphatic rings. The molecule has 1 amide bonds. The Hall–Kier alpha value is -5.31. The molecule has 43 heavy (non-hydrogen) atoms. The number of rotatable bonds is 10. The van der Waals surface area contributed by atoms with E-state index in [2.05, 4.69) is 39.9 Å². The number of alkyl carbamates (subject to hydrolysis) is 1. The first-order chi connectivity index (χ1) is 20.9. The van der Waals surface area contributed by atoms with Gasteiger partial charge in [0.15, 0.2) is 5.96 Å². The molecule has 220 valence electrons. The van der Waals surface area contributed by atoms with E-state index in [1.165, 1.54) is 7.11 Å². The van der Waals surface area contributed by atoms with Gasteiger partial charge in [0.05, 0.1) is 20.8 Å². The Morgan fingerprint density at radius 2 is 1.44 bits per heavy atom. The normalized spacial score (nSPS) is 12.9. The van der Waals surface area contributed by atoms with Gasteiger partial charge in [-0.1, -0.05) is 72.8 Å². The van der Waals surface area contributed by atoms with Gasteiger partial charge < -0.3 is 30.6 Å². The van der Waals surface area contributed by atoms with Crippen LogP contribution in [0.3, 0.4) is 0 Å². The van der Waals surface area contributed by atoms with Crippen LogP contribution in [0.2, 0.25) is 0 Å².